The van der Waals surface area contributed by atoms with E-state index in [-0.39, 0.29) is 12.5 Å². The molecule has 0 aliphatic rings. The van der Waals surface area contributed by atoms with Gasteiger partial charge in [0.2, 0.25) is 5.91 Å². The lowest BCUT2D eigenvalue weighted by Gasteiger charge is -2.05. The quantitative estimate of drug-likeness (QED) is 0.597. The van der Waals surface area contributed by atoms with Gasteiger partial charge in [-0.15, -0.1) is 0 Å². The van der Waals surface area contributed by atoms with Crippen LogP contribution in [0.2, 0.25) is 0 Å². The predicted octanol–water partition coefficient (Wildman–Crippen LogP) is 1.78. The second-order valence-electron chi connectivity index (χ2n) is 4.74. The molecule has 0 atom stereocenters. The van der Waals surface area contributed by atoms with E-state index >= 15 is 0 Å². The van der Waals surface area contributed by atoms with Crippen molar-refractivity contribution in [2.45, 2.75) is 0 Å². The molecule has 7 nitrogen and oxygen atoms in total. The van der Waals surface area contributed by atoms with E-state index < -0.39 is 5.91 Å². The molecule has 0 heterocycles. The molecule has 124 valence electrons. The lowest BCUT2D eigenvalue weighted by molar-refractivity contribution is -0.120. The Balaban J connectivity index is 1.82. The van der Waals surface area contributed by atoms with Gasteiger partial charge in [-0.25, -0.2) is 0 Å². The lowest BCUT2D eigenvalue weighted by atomic mass is 10.2. The van der Waals surface area contributed by atoms with Gasteiger partial charge in [0.25, 0.3) is 5.91 Å². The summed E-state index contributed by atoms with van der Waals surface area (Å²) in [6.07, 6.45) is 1.47. The largest absolute Gasteiger partial charge is 0.496 e. The van der Waals surface area contributed by atoms with E-state index in [2.05, 4.69) is 10.5 Å². The van der Waals surface area contributed by atoms with Crippen LogP contribution in [0.3, 0.4) is 0 Å². The number of nitrogens with one attached hydrogen (secondary N) is 1. The van der Waals surface area contributed by atoms with Crippen LogP contribution in [-0.2, 0) is 9.63 Å². The maximum Gasteiger partial charge on any atom is 0.265 e. The molecule has 0 spiro atoms. The summed E-state index contributed by atoms with van der Waals surface area (Å²) in [4.78, 5) is 27.7. The van der Waals surface area contributed by atoms with Gasteiger partial charge in [0.1, 0.15) is 5.75 Å². The van der Waals surface area contributed by atoms with Crippen LogP contribution in [0.15, 0.2) is 53.7 Å². The zero-order chi connectivity index (χ0) is 17.4. The molecule has 0 saturated carbocycles. The fourth-order valence-electron chi connectivity index (χ4n) is 1.88. The van der Waals surface area contributed by atoms with E-state index in [4.69, 9.17) is 15.3 Å². The van der Waals surface area contributed by atoms with Crippen molar-refractivity contribution in [3.63, 3.8) is 0 Å². The number of primary amides is 1. The molecular formula is C17H17N3O4. The highest BCUT2D eigenvalue weighted by molar-refractivity contribution is 5.95. The zero-order valence-electron chi connectivity index (χ0n) is 13.1. The number of benzene rings is 2. The number of para-hydroxylation sites is 1. The molecule has 2 rings (SSSR count). The summed E-state index contributed by atoms with van der Waals surface area (Å²) in [6, 6.07) is 13.5. The molecule has 3 N–H and O–H groups in total. The summed E-state index contributed by atoms with van der Waals surface area (Å²) >= 11 is 0. The Kier molecular flexibility index (Phi) is 5.90. The van der Waals surface area contributed by atoms with Gasteiger partial charge < -0.3 is 20.6 Å². The highest BCUT2D eigenvalue weighted by Gasteiger charge is 2.04. The number of hydrogen-bond donors (Lipinski definition) is 2. The average molecular weight is 327 g/mol. The van der Waals surface area contributed by atoms with Crippen molar-refractivity contribution in [1.29, 1.82) is 0 Å². The highest BCUT2D eigenvalue weighted by atomic mass is 16.6. The van der Waals surface area contributed by atoms with E-state index in [1.165, 1.54) is 18.3 Å². The van der Waals surface area contributed by atoms with Crippen LogP contribution in [0.1, 0.15) is 15.9 Å². The molecule has 2 amide bonds. The third-order valence-electron chi connectivity index (χ3n) is 3.05. The number of ether oxygens (including phenoxy) is 1. The van der Waals surface area contributed by atoms with E-state index in [0.29, 0.717) is 17.0 Å². The number of oxime groups is 1. The van der Waals surface area contributed by atoms with E-state index in [1.54, 1.807) is 25.3 Å². The number of anilines is 1. The minimum absolute atomic E-state index is 0.247. The van der Waals surface area contributed by atoms with Crippen LogP contribution in [0.25, 0.3) is 0 Å². The minimum atomic E-state index is -0.526. The molecule has 0 aliphatic heterocycles. The average Bonchev–Trinajstić information content (AvgIpc) is 2.59. The predicted molar refractivity (Wildman–Crippen MR) is 90.1 cm³/mol. The monoisotopic (exact) mass is 327 g/mol. The Morgan fingerprint density at radius 3 is 2.54 bits per heavy atom. The van der Waals surface area contributed by atoms with Crippen molar-refractivity contribution in [2.24, 2.45) is 10.9 Å². The fraction of sp³-hybridized carbons (Fsp3) is 0.118. The summed E-state index contributed by atoms with van der Waals surface area (Å²) in [5.74, 6) is -0.246. The van der Waals surface area contributed by atoms with Crippen molar-refractivity contribution in [3.05, 3.63) is 59.7 Å². The summed E-state index contributed by atoms with van der Waals surface area (Å²) in [5, 5.41) is 6.36. The molecule has 0 bridgehead atoms. The third kappa shape index (κ3) is 4.84. The van der Waals surface area contributed by atoms with Crippen molar-refractivity contribution in [1.82, 2.24) is 0 Å². The van der Waals surface area contributed by atoms with Gasteiger partial charge in [-0.1, -0.05) is 17.3 Å². The van der Waals surface area contributed by atoms with Crippen molar-refractivity contribution in [2.75, 3.05) is 19.0 Å². The van der Waals surface area contributed by atoms with E-state index in [9.17, 15) is 9.59 Å². The van der Waals surface area contributed by atoms with Crippen LogP contribution in [0, 0.1) is 0 Å². The highest BCUT2D eigenvalue weighted by Crippen LogP contribution is 2.14. The maximum absolute atomic E-state index is 11.7. The number of carbonyl (C=O) groups is 2. The first-order chi connectivity index (χ1) is 11.6. The van der Waals surface area contributed by atoms with Gasteiger partial charge in [-0.05, 0) is 36.4 Å². The summed E-state index contributed by atoms with van der Waals surface area (Å²) < 4.78 is 5.17. The van der Waals surface area contributed by atoms with Gasteiger partial charge in [0.05, 0.1) is 13.3 Å². The topological polar surface area (TPSA) is 103 Å². The molecule has 24 heavy (non-hydrogen) atoms. The van der Waals surface area contributed by atoms with E-state index in [1.807, 2.05) is 18.2 Å². The summed E-state index contributed by atoms with van der Waals surface area (Å²) in [5.41, 5.74) is 6.78. The maximum atomic E-state index is 11.7. The van der Waals surface area contributed by atoms with Crippen LogP contribution in [0.5, 0.6) is 5.75 Å². The number of rotatable bonds is 7. The molecule has 7 heteroatoms. The molecule has 0 unspecified atom stereocenters. The third-order valence-corrected chi connectivity index (χ3v) is 3.05. The van der Waals surface area contributed by atoms with Gasteiger partial charge in [0.15, 0.2) is 6.61 Å². The van der Waals surface area contributed by atoms with Crippen molar-refractivity contribution in [3.8, 4) is 5.75 Å². The second kappa shape index (κ2) is 8.33. The van der Waals surface area contributed by atoms with Gasteiger partial charge in [-0.2, -0.15) is 0 Å². The molecule has 0 aromatic heterocycles. The summed E-state index contributed by atoms with van der Waals surface area (Å²) in [7, 11) is 1.56. The fourth-order valence-corrected chi connectivity index (χ4v) is 1.88. The van der Waals surface area contributed by atoms with Crippen LogP contribution < -0.4 is 15.8 Å². The second-order valence-corrected chi connectivity index (χ2v) is 4.74. The standard InChI is InChI=1S/C17H17N3O4/c1-23-15-5-3-2-4-13(15)10-19-24-11-16(21)20-14-8-6-12(7-9-14)17(18)22/h2-10H,11H2,1H3,(H2,18,22)(H,20,21)/b19-10-. The Labute approximate surface area is 139 Å². The van der Waals surface area contributed by atoms with Crippen LogP contribution >= 0.6 is 0 Å². The van der Waals surface area contributed by atoms with Crippen LogP contribution in [0.4, 0.5) is 5.69 Å². The first-order valence-corrected chi connectivity index (χ1v) is 7.08. The molecule has 2 aromatic rings. The SMILES string of the molecule is COc1ccccc1/C=N\OCC(=O)Nc1ccc(C(N)=O)cc1. The molecule has 0 saturated heterocycles. The first kappa shape index (κ1) is 17.0. The Morgan fingerprint density at radius 1 is 1.17 bits per heavy atom. The van der Waals surface area contributed by atoms with E-state index in [0.717, 1.165) is 5.56 Å². The lowest BCUT2D eigenvalue weighted by Crippen LogP contribution is -2.17. The number of methoxy groups -OCH3 is 1. The van der Waals surface area contributed by atoms with Gasteiger partial charge in [-0.3, -0.25) is 9.59 Å². The molecule has 2 aromatic carbocycles. The number of carbonyl (C=O) groups excluding carboxylic acids is 2. The Hall–Kier alpha value is -3.35. The molecule has 0 fully saturated rings. The number of nitrogens with two attached hydrogens (primary N) is 1. The molecule has 0 radical (unpaired) electrons. The van der Waals surface area contributed by atoms with Gasteiger partial charge in [0, 0.05) is 16.8 Å². The van der Waals surface area contributed by atoms with Gasteiger partial charge >= 0.3 is 0 Å². The zero-order valence-corrected chi connectivity index (χ0v) is 13.1. The van der Waals surface area contributed by atoms with Crippen LogP contribution in [-0.4, -0.2) is 31.7 Å². The number of hydrogen-bond acceptors (Lipinski definition) is 5. The smallest absolute Gasteiger partial charge is 0.265 e. The molecule has 0 aliphatic carbocycles. The Bertz CT molecular complexity index is 742. The van der Waals surface area contributed by atoms with Crippen molar-refractivity contribution < 1.29 is 19.2 Å². The summed E-state index contributed by atoms with van der Waals surface area (Å²) in [6.45, 7) is -0.247. The normalized spacial score (nSPS) is 10.4. The first-order valence-electron chi connectivity index (χ1n) is 7.08. The number of amides is 2. The van der Waals surface area contributed by atoms with Crippen molar-refractivity contribution >= 4 is 23.7 Å². The molecular weight excluding hydrogens is 310 g/mol. The Morgan fingerprint density at radius 2 is 1.88 bits per heavy atom. The minimum Gasteiger partial charge on any atom is -0.496 e. The number of nitrogens with zero attached hydrogens (tertiary/aromatic N) is 1.